The van der Waals surface area contributed by atoms with E-state index < -0.39 is 5.97 Å². The maximum atomic E-state index is 12.1. The van der Waals surface area contributed by atoms with Gasteiger partial charge in [-0.25, -0.2) is 9.78 Å². The van der Waals surface area contributed by atoms with Crippen molar-refractivity contribution in [3.63, 3.8) is 0 Å². The Morgan fingerprint density at radius 1 is 1.39 bits per heavy atom. The Hall–Kier alpha value is -1.89. The molecule has 0 atom stereocenters. The molecule has 0 aliphatic carbocycles. The van der Waals surface area contributed by atoms with Crippen LogP contribution in [0.25, 0.3) is 10.6 Å². The molecule has 23 heavy (non-hydrogen) atoms. The highest BCUT2D eigenvalue weighted by atomic mass is 35.5. The van der Waals surface area contributed by atoms with Crippen LogP contribution in [0.15, 0.2) is 36.0 Å². The third kappa shape index (κ3) is 3.72. The van der Waals surface area contributed by atoms with Gasteiger partial charge in [0.2, 0.25) is 0 Å². The van der Waals surface area contributed by atoms with Crippen molar-refractivity contribution in [3.05, 3.63) is 57.3 Å². The fourth-order valence-corrected chi connectivity index (χ4v) is 3.06. The molecule has 118 valence electrons. The zero-order valence-electron chi connectivity index (χ0n) is 12.0. The lowest BCUT2D eigenvalue weighted by Gasteiger charge is -2.05. The summed E-state index contributed by atoms with van der Waals surface area (Å²) in [4.78, 5) is 16.5. The highest BCUT2D eigenvalue weighted by Gasteiger charge is 2.14. The van der Waals surface area contributed by atoms with E-state index in [2.05, 4.69) is 10.1 Å². The zero-order chi connectivity index (χ0) is 16.4. The molecule has 0 unspecified atom stereocenters. The van der Waals surface area contributed by atoms with Gasteiger partial charge in [0.1, 0.15) is 11.6 Å². The van der Waals surface area contributed by atoms with Crippen molar-refractivity contribution in [3.8, 4) is 10.6 Å². The first-order valence-corrected chi connectivity index (χ1v) is 8.22. The van der Waals surface area contributed by atoms with Gasteiger partial charge >= 0.3 is 5.97 Å². The third-order valence-electron chi connectivity index (χ3n) is 3.00. The van der Waals surface area contributed by atoms with Gasteiger partial charge in [0.05, 0.1) is 22.5 Å². The number of hydrogen-bond donors (Lipinski definition) is 0. The molecule has 0 fully saturated rings. The fraction of sp³-hybridized carbons (Fsp3) is 0.133. The number of halogens is 2. The SMILES string of the molecule is Cn1cc(-c2nc(COC(=O)c3cc(Cl)ccc3Cl)cs2)cn1. The Morgan fingerprint density at radius 3 is 2.96 bits per heavy atom. The normalized spacial score (nSPS) is 10.7. The highest BCUT2D eigenvalue weighted by Crippen LogP contribution is 2.24. The molecule has 0 spiro atoms. The molecule has 0 saturated heterocycles. The molecule has 5 nitrogen and oxygen atoms in total. The lowest BCUT2D eigenvalue weighted by molar-refractivity contribution is 0.0468. The average Bonchev–Trinajstić information content (AvgIpc) is 3.16. The Balaban J connectivity index is 1.68. The van der Waals surface area contributed by atoms with Crippen molar-refractivity contribution in [1.29, 1.82) is 0 Å². The van der Waals surface area contributed by atoms with Crippen molar-refractivity contribution in [1.82, 2.24) is 14.8 Å². The summed E-state index contributed by atoms with van der Waals surface area (Å²) in [6.07, 6.45) is 3.61. The number of thiazole rings is 1. The van der Waals surface area contributed by atoms with E-state index in [1.165, 1.54) is 17.4 Å². The Bertz CT molecular complexity index is 860. The second-order valence-corrected chi connectivity index (χ2v) is 6.45. The maximum absolute atomic E-state index is 12.1. The van der Waals surface area contributed by atoms with E-state index in [9.17, 15) is 4.79 Å². The zero-order valence-corrected chi connectivity index (χ0v) is 14.3. The number of benzene rings is 1. The Labute approximate surface area is 146 Å². The summed E-state index contributed by atoms with van der Waals surface area (Å²) in [7, 11) is 1.84. The minimum absolute atomic E-state index is 0.0679. The molecule has 0 aliphatic heterocycles. The molecule has 0 N–H and O–H groups in total. The summed E-state index contributed by atoms with van der Waals surface area (Å²) in [5.41, 5.74) is 1.83. The minimum Gasteiger partial charge on any atom is -0.456 e. The van der Waals surface area contributed by atoms with E-state index in [1.54, 1.807) is 23.0 Å². The van der Waals surface area contributed by atoms with Gasteiger partial charge in [0.15, 0.2) is 0 Å². The van der Waals surface area contributed by atoms with Crippen molar-refractivity contribution >= 4 is 40.5 Å². The molecule has 0 bridgehead atoms. The van der Waals surface area contributed by atoms with E-state index >= 15 is 0 Å². The molecule has 8 heteroatoms. The molecule has 1 aromatic carbocycles. The third-order valence-corrected chi connectivity index (χ3v) is 4.51. The van der Waals surface area contributed by atoms with Crippen LogP contribution in [0.3, 0.4) is 0 Å². The largest absolute Gasteiger partial charge is 0.456 e. The summed E-state index contributed by atoms with van der Waals surface area (Å²) in [6.45, 7) is 0.0679. The van der Waals surface area contributed by atoms with Crippen LogP contribution in [0.4, 0.5) is 0 Å². The van der Waals surface area contributed by atoms with Crippen molar-refractivity contribution in [2.24, 2.45) is 7.05 Å². The predicted molar refractivity (Wildman–Crippen MR) is 89.9 cm³/mol. The Kier molecular flexibility index (Phi) is 4.66. The molecule has 0 radical (unpaired) electrons. The number of rotatable bonds is 4. The summed E-state index contributed by atoms with van der Waals surface area (Å²) < 4.78 is 6.95. The Morgan fingerprint density at radius 2 is 2.22 bits per heavy atom. The molecule has 2 aromatic heterocycles. The van der Waals surface area contributed by atoms with Gasteiger partial charge in [0.25, 0.3) is 0 Å². The van der Waals surface area contributed by atoms with Gasteiger partial charge in [-0.2, -0.15) is 5.10 Å². The van der Waals surface area contributed by atoms with E-state index in [0.29, 0.717) is 15.7 Å². The van der Waals surface area contributed by atoms with Crippen LogP contribution in [-0.4, -0.2) is 20.7 Å². The van der Waals surface area contributed by atoms with Gasteiger partial charge in [-0.3, -0.25) is 4.68 Å². The standard InChI is InChI=1S/C15H11Cl2N3O2S/c1-20-6-9(5-18-20)14-19-11(8-23-14)7-22-15(21)12-4-10(16)2-3-13(12)17/h2-6,8H,7H2,1H3. The predicted octanol–water partition coefficient (Wildman–Crippen LogP) is 4.21. The van der Waals surface area contributed by atoms with E-state index in [0.717, 1.165) is 10.6 Å². The van der Waals surface area contributed by atoms with Gasteiger partial charge in [-0.1, -0.05) is 23.2 Å². The quantitative estimate of drug-likeness (QED) is 0.648. The molecular weight excluding hydrogens is 357 g/mol. The summed E-state index contributed by atoms with van der Waals surface area (Å²) in [5, 5.41) is 7.50. The molecule has 2 heterocycles. The van der Waals surface area contributed by atoms with Crippen molar-refractivity contribution in [2.45, 2.75) is 6.61 Å². The van der Waals surface area contributed by atoms with Crippen LogP contribution in [-0.2, 0) is 18.4 Å². The highest BCUT2D eigenvalue weighted by molar-refractivity contribution is 7.13. The van der Waals surface area contributed by atoms with E-state index in [-0.39, 0.29) is 12.2 Å². The number of aryl methyl sites for hydroxylation is 1. The minimum atomic E-state index is -0.534. The topological polar surface area (TPSA) is 57.0 Å². The lowest BCUT2D eigenvalue weighted by atomic mass is 10.2. The summed E-state index contributed by atoms with van der Waals surface area (Å²) in [6, 6.07) is 4.65. The summed E-state index contributed by atoms with van der Waals surface area (Å²) in [5.74, 6) is -0.534. The maximum Gasteiger partial charge on any atom is 0.340 e. The number of nitrogens with zero attached hydrogens (tertiary/aromatic N) is 3. The molecule has 0 aliphatic rings. The van der Waals surface area contributed by atoms with Crippen molar-refractivity contribution < 1.29 is 9.53 Å². The number of esters is 1. The molecule has 0 amide bonds. The molecular formula is C15H11Cl2N3O2S. The van der Waals surface area contributed by atoms with E-state index in [1.807, 2.05) is 18.6 Å². The second kappa shape index (κ2) is 6.70. The van der Waals surface area contributed by atoms with Crippen LogP contribution in [0.2, 0.25) is 10.0 Å². The second-order valence-electron chi connectivity index (χ2n) is 4.75. The first kappa shape index (κ1) is 16.0. The first-order chi connectivity index (χ1) is 11.0. The lowest BCUT2D eigenvalue weighted by Crippen LogP contribution is -2.06. The van der Waals surface area contributed by atoms with E-state index in [4.69, 9.17) is 27.9 Å². The van der Waals surface area contributed by atoms with Crippen LogP contribution >= 0.6 is 34.5 Å². The van der Waals surface area contributed by atoms with Crippen LogP contribution in [0.5, 0.6) is 0 Å². The molecule has 0 saturated carbocycles. The van der Waals surface area contributed by atoms with Crippen LogP contribution in [0.1, 0.15) is 16.1 Å². The molecule has 3 rings (SSSR count). The number of carbonyl (C=O) groups is 1. The van der Waals surface area contributed by atoms with Gasteiger partial charge in [-0.15, -0.1) is 11.3 Å². The van der Waals surface area contributed by atoms with Gasteiger partial charge in [0, 0.05) is 29.2 Å². The van der Waals surface area contributed by atoms with Gasteiger partial charge < -0.3 is 4.74 Å². The molecule has 3 aromatic rings. The fourth-order valence-electron chi connectivity index (χ4n) is 1.91. The van der Waals surface area contributed by atoms with Gasteiger partial charge in [-0.05, 0) is 18.2 Å². The smallest absolute Gasteiger partial charge is 0.340 e. The number of aromatic nitrogens is 3. The first-order valence-electron chi connectivity index (χ1n) is 6.58. The number of ether oxygens (including phenoxy) is 1. The number of carbonyl (C=O) groups excluding carboxylic acids is 1. The van der Waals surface area contributed by atoms with Crippen LogP contribution in [0, 0.1) is 0 Å². The van der Waals surface area contributed by atoms with Crippen molar-refractivity contribution in [2.75, 3.05) is 0 Å². The summed E-state index contributed by atoms with van der Waals surface area (Å²) >= 11 is 13.3. The van der Waals surface area contributed by atoms with Crippen LogP contribution < -0.4 is 0 Å². The average molecular weight is 368 g/mol. The monoisotopic (exact) mass is 367 g/mol. The number of hydrogen-bond acceptors (Lipinski definition) is 5.